The van der Waals surface area contributed by atoms with E-state index in [0.29, 0.717) is 5.69 Å². The van der Waals surface area contributed by atoms with Gasteiger partial charge in [0, 0.05) is 11.8 Å². The average Bonchev–Trinajstić information content (AvgIpc) is 2.48. The van der Waals surface area contributed by atoms with E-state index in [4.69, 9.17) is 0 Å². The molecule has 6 nitrogen and oxygen atoms in total. The number of carbonyl (C=O) groups is 1. The summed E-state index contributed by atoms with van der Waals surface area (Å²) in [4.78, 5) is 21.9. The van der Waals surface area contributed by atoms with E-state index in [0.717, 1.165) is 0 Å². The van der Waals surface area contributed by atoms with Gasteiger partial charge in [0.25, 0.3) is 5.69 Å². The molecule has 0 atom stereocenters. The molecule has 1 N–H and O–H groups in total. The van der Waals surface area contributed by atoms with Gasteiger partial charge in [-0.05, 0) is 36.4 Å². The lowest BCUT2D eigenvalue weighted by molar-refractivity contribution is -0.383. The summed E-state index contributed by atoms with van der Waals surface area (Å²) in [7, 11) is 1.22. The van der Waals surface area contributed by atoms with Crippen LogP contribution in [0.25, 0.3) is 0 Å². The van der Waals surface area contributed by atoms with Crippen LogP contribution in [-0.2, 0) is 4.74 Å². The summed E-state index contributed by atoms with van der Waals surface area (Å²) in [5.41, 5.74) is 0.552. The number of carbonyl (C=O) groups excluding carboxylic acids is 1. The van der Waals surface area contributed by atoms with Crippen LogP contribution in [0.4, 0.5) is 21.5 Å². The molecular formula is C14H11FN2O4. The zero-order valence-electron chi connectivity index (χ0n) is 11.0. The van der Waals surface area contributed by atoms with Crippen LogP contribution >= 0.6 is 0 Å². The number of halogens is 1. The highest BCUT2D eigenvalue weighted by molar-refractivity contribution is 5.92. The zero-order valence-corrected chi connectivity index (χ0v) is 11.0. The maximum absolute atomic E-state index is 12.9. The Morgan fingerprint density at radius 3 is 2.48 bits per heavy atom. The van der Waals surface area contributed by atoms with Crippen molar-refractivity contribution in [3.8, 4) is 0 Å². The van der Waals surface area contributed by atoms with Crippen molar-refractivity contribution in [1.29, 1.82) is 0 Å². The van der Waals surface area contributed by atoms with Gasteiger partial charge in [0.05, 0.1) is 17.6 Å². The Bertz CT molecular complexity index is 686. The molecule has 0 saturated heterocycles. The Kier molecular flexibility index (Phi) is 4.13. The monoisotopic (exact) mass is 290 g/mol. The topological polar surface area (TPSA) is 81.5 Å². The Balaban J connectivity index is 2.40. The Morgan fingerprint density at radius 2 is 1.90 bits per heavy atom. The summed E-state index contributed by atoms with van der Waals surface area (Å²) in [5.74, 6) is -1.02. The van der Waals surface area contributed by atoms with Crippen molar-refractivity contribution in [2.45, 2.75) is 0 Å². The van der Waals surface area contributed by atoms with Gasteiger partial charge in [-0.2, -0.15) is 0 Å². The smallest absolute Gasteiger partial charge is 0.337 e. The highest BCUT2D eigenvalue weighted by atomic mass is 19.1. The van der Waals surface area contributed by atoms with Gasteiger partial charge in [0.2, 0.25) is 0 Å². The van der Waals surface area contributed by atoms with E-state index in [9.17, 15) is 19.3 Å². The van der Waals surface area contributed by atoms with Crippen LogP contribution < -0.4 is 5.32 Å². The number of ether oxygens (including phenoxy) is 1. The van der Waals surface area contributed by atoms with E-state index in [-0.39, 0.29) is 16.9 Å². The molecule has 2 aromatic rings. The van der Waals surface area contributed by atoms with Crippen molar-refractivity contribution in [2.75, 3.05) is 12.4 Å². The normalized spacial score (nSPS) is 10.0. The fourth-order valence-electron chi connectivity index (χ4n) is 1.73. The summed E-state index contributed by atoms with van der Waals surface area (Å²) in [6.07, 6.45) is 0. The lowest BCUT2D eigenvalue weighted by atomic mass is 10.1. The van der Waals surface area contributed by atoms with Crippen LogP contribution in [0.5, 0.6) is 0 Å². The number of nitrogens with zero attached hydrogens (tertiary/aromatic N) is 1. The number of nitro groups is 1. The molecule has 0 aliphatic carbocycles. The van der Waals surface area contributed by atoms with Gasteiger partial charge in [0.1, 0.15) is 11.5 Å². The molecule has 0 unspecified atom stereocenters. The third-order valence-electron chi connectivity index (χ3n) is 2.74. The van der Waals surface area contributed by atoms with Crippen molar-refractivity contribution >= 4 is 23.0 Å². The molecule has 108 valence electrons. The van der Waals surface area contributed by atoms with Crippen LogP contribution in [0.2, 0.25) is 0 Å². The molecule has 0 aliphatic rings. The maximum Gasteiger partial charge on any atom is 0.337 e. The van der Waals surface area contributed by atoms with Gasteiger partial charge < -0.3 is 10.1 Å². The zero-order chi connectivity index (χ0) is 15.4. The van der Waals surface area contributed by atoms with Gasteiger partial charge >= 0.3 is 5.97 Å². The van der Waals surface area contributed by atoms with E-state index in [1.807, 2.05) is 0 Å². The fraction of sp³-hybridized carbons (Fsp3) is 0.0714. The van der Waals surface area contributed by atoms with Crippen LogP contribution in [0.15, 0.2) is 42.5 Å². The second-order valence-corrected chi connectivity index (χ2v) is 4.11. The molecule has 0 saturated carbocycles. The fourth-order valence-corrected chi connectivity index (χ4v) is 1.73. The number of rotatable bonds is 4. The van der Waals surface area contributed by atoms with Crippen molar-refractivity contribution in [3.05, 3.63) is 64.0 Å². The lowest BCUT2D eigenvalue weighted by Crippen LogP contribution is -2.04. The number of nitrogens with one attached hydrogen (secondary N) is 1. The molecule has 0 aliphatic heterocycles. The molecule has 0 bridgehead atoms. The molecule has 2 rings (SSSR count). The van der Waals surface area contributed by atoms with Crippen LogP contribution in [0, 0.1) is 15.9 Å². The predicted octanol–water partition coefficient (Wildman–Crippen LogP) is 3.26. The van der Waals surface area contributed by atoms with Crippen LogP contribution in [0.1, 0.15) is 10.4 Å². The number of benzene rings is 2. The van der Waals surface area contributed by atoms with E-state index in [1.54, 1.807) is 0 Å². The number of hydrogen-bond donors (Lipinski definition) is 1. The second-order valence-electron chi connectivity index (χ2n) is 4.11. The Morgan fingerprint density at radius 1 is 1.24 bits per heavy atom. The van der Waals surface area contributed by atoms with Gasteiger partial charge in [-0.1, -0.05) is 0 Å². The first-order chi connectivity index (χ1) is 10.0. The van der Waals surface area contributed by atoms with E-state index in [2.05, 4.69) is 10.1 Å². The molecule has 0 radical (unpaired) electrons. The molecule has 0 spiro atoms. The number of anilines is 2. The van der Waals surface area contributed by atoms with E-state index >= 15 is 0 Å². The molecule has 0 fully saturated rings. The van der Waals surface area contributed by atoms with Crippen LogP contribution in [0.3, 0.4) is 0 Å². The minimum atomic E-state index is -0.605. The first-order valence-electron chi connectivity index (χ1n) is 5.90. The van der Waals surface area contributed by atoms with Gasteiger partial charge in [0.15, 0.2) is 0 Å². The summed E-state index contributed by atoms with van der Waals surface area (Å²) >= 11 is 0. The van der Waals surface area contributed by atoms with Gasteiger partial charge in [-0.25, -0.2) is 9.18 Å². The average molecular weight is 290 g/mol. The quantitative estimate of drug-likeness (QED) is 0.531. The largest absolute Gasteiger partial charge is 0.465 e. The standard InChI is InChI=1S/C14H11FN2O4/c1-21-14(18)9-2-7-13(17(19)20)12(8-9)16-11-5-3-10(15)4-6-11/h2-8,16H,1H3. The molecule has 21 heavy (non-hydrogen) atoms. The van der Waals surface area contributed by atoms with Gasteiger partial charge in [-0.15, -0.1) is 0 Å². The number of nitro benzene ring substituents is 1. The highest BCUT2D eigenvalue weighted by Crippen LogP contribution is 2.29. The molecule has 2 aromatic carbocycles. The third kappa shape index (κ3) is 3.33. The van der Waals surface area contributed by atoms with Crippen LogP contribution in [-0.4, -0.2) is 18.0 Å². The Labute approximate surface area is 119 Å². The summed E-state index contributed by atoms with van der Waals surface area (Å²) in [6.45, 7) is 0. The molecule has 0 heterocycles. The summed E-state index contributed by atoms with van der Waals surface area (Å²) < 4.78 is 17.4. The van der Waals surface area contributed by atoms with Crippen molar-refractivity contribution < 1.29 is 18.8 Å². The number of methoxy groups -OCH3 is 1. The molecule has 0 amide bonds. The first-order valence-corrected chi connectivity index (χ1v) is 5.90. The SMILES string of the molecule is COC(=O)c1ccc([N+](=O)[O-])c(Nc2ccc(F)cc2)c1. The highest BCUT2D eigenvalue weighted by Gasteiger charge is 2.17. The minimum Gasteiger partial charge on any atom is -0.465 e. The van der Waals surface area contributed by atoms with E-state index < -0.39 is 16.7 Å². The number of esters is 1. The molecular weight excluding hydrogens is 279 g/mol. The van der Waals surface area contributed by atoms with Gasteiger partial charge in [-0.3, -0.25) is 10.1 Å². The second kappa shape index (κ2) is 6.00. The third-order valence-corrected chi connectivity index (χ3v) is 2.74. The van der Waals surface area contributed by atoms with Crippen molar-refractivity contribution in [2.24, 2.45) is 0 Å². The van der Waals surface area contributed by atoms with E-state index in [1.165, 1.54) is 49.6 Å². The summed E-state index contributed by atoms with van der Waals surface area (Å²) in [5, 5.41) is 13.8. The molecule has 0 aromatic heterocycles. The van der Waals surface area contributed by atoms with Crippen molar-refractivity contribution in [1.82, 2.24) is 0 Å². The molecule has 7 heteroatoms. The Hall–Kier alpha value is -2.96. The summed E-state index contributed by atoms with van der Waals surface area (Å²) in [6, 6.07) is 9.13. The lowest BCUT2D eigenvalue weighted by Gasteiger charge is -2.08. The predicted molar refractivity (Wildman–Crippen MR) is 74.1 cm³/mol. The maximum atomic E-state index is 12.9. The van der Waals surface area contributed by atoms with Crippen molar-refractivity contribution in [3.63, 3.8) is 0 Å². The number of hydrogen-bond acceptors (Lipinski definition) is 5. The minimum absolute atomic E-state index is 0.120. The first kappa shape index (κ1) is 14.4.